The van der Waals surface area contributed by atoms with Crippen molar-refractivity contribution in [3.05, 3.63) is 23.8 Å². The van der Waals surface area contributed by atoms with E-state index in [1.165, 1.54) is 43.5 Å². The maximum absolute atomic E-state index is 13.0. The minimum Gasteiger partial charge on any atom is -0.495 e. The molecule has 2 aliphatic rings. The predicted octanol–water partition coefficient (Wildman–Crippen LogP) is 1.96. The number of carbonyl (C=O) groups is 1. The Morgan fingerprint density at radius 2 is 1.93 bits per heavy atom. The highest BCUT2D eigenvalue weighted by Gasteiger charge is 2.29. The summed E-state index contributed by atoms with van der Waals surface area (Å²) in [5.41, 5.74) is 0.661. The zero-order chi connectivity index (χ0) is 20.0. The van der Waals surface area contributed by atoms with E-state index in [9.17, 15) is 13.2 Å². The Labute approximate surface area is 167 Å². The lowest BCUT2D eigenvalue weighted by molar-refractivity contribution is -0.120. The topological polar surface area (TPSA) is 84.9 Å². The molecule has 156 valence electrons. The number of ether oxygens (including phenoxy) is 2. The molecule has 0 unspecified atom stereocenters. The van der Waals surface area contributed by atoms with Crippen molar-refractivity contribution in [2.75, 3.05) is 40.0 Å². The molecule has 0 bridgehead atoms. The van der Waals surface area contributed by atoms with Gasteiger partial charge >= 0.3 is 0 Å². The number of hydrogen-bond donors (Lipinski definition) is 1. The van der Waals surface area contributed by atoms with Gasteiger partial charge in [-0.2, -0.15) is 4.31 Å². The maximum Gasteiger partial charge on any atom is 0.246 e. The number of amides is 1. The van der Waals surface area contributed by atoms with Crippen molar-refractivity contribution in [1.82, 2.24) is 9.62 Å². The van der Waals surface area contributed by atoms with Crippen molar-refractivity contribution in [2.24, 2.45) is 5.92 Å². The predicted molar refractivity (Wildman–Crippen MR) is 106 cm³/mol. The Bertz CT molecular complexity index is 769. The van der Waals surface area contributed by atoms with Gasteiger partial charge in [-0.05, 0) is 36.5 Å². The van der Waals surface area contributed by atoms with Crippen LogP contribution in [-0.2, 0) is 26.0 Å². The minimum atomic E-state index is -3.70. The van der Waals surface area contributed by atoms with Crippen LogP contribution in [0.25, 0.3) is 0 Å². The molecule has 1 amide bonds. The van der Waals surface area contributed by atoms with Gasteiger partial charge in [-0.1, -0.05) is 25.3 Å². The van der Waals surface area contributed by atoms with Gasteiger partial charge in [0, 0.05) is 19.6 Å². The van der Waals surface area contributed by atoms with E-state index in [2.05, 4.69) is 5.32 Å². The van der Waals surface area contributed by atoms with E-state index in [0.29, 0.717) is 44.3 Å². The molecule has 1 N–H and O–H groups in total. The van der Waals surface area contributed by atoms with Gasteiger partial charge in [0.2, 0.25) is 15.9 Å². The van der Waals surface area contributed by atoms with Crippen LogP contribution in [0.3, 0.4) is 0 Å². The first-order valence-corrected chi connectivity index (χ1v) is 11.5. The summed E-state index contributed by atoms with van der Waals surface area (Å²) in [5.74, 6) is 0.772. The summed E-state index contributed by atoms with van der Waals surface area (Å²) in [4.78, 5) is 12.5. The van der Waals surface area contributed by atoms with Crippen molar-refractivity contribution >= 4 is 15.9 Å². The number of carbonyl (C=O) groups excluding carboxylic acids is 1. The maximum atomic E-state index is 13.0. The van der Waals surface area contributed by atoms with Crippen LogP contribution in [0.5, 0.6) is 5.75 Å². The molecular formula is C20H30N2O5S. The molecule has 0 aromatic heterocycles. The fourth-order valence-electron chi connectivity index (χ4n) is 3.86. The summed E-state index contributed by atoms with van der Waals surface area (Å²) in [7, 11) is -2.25. The summed E-state index contributed by atoms with van der Waals surface area (Å²) in [6.45, 7) is 2.10. The number of methoxy groups -OCH3 is 1. The molecule has 2 fully saturated rings. The number of morpholine rings is 1. The Kier molecular flexibility index (Phi) is 7.31. The largest absolute Gasteiger partial charge is 0.495 e. The quantitative estimate of drug-likeness (QED) is 0.743. The van der Waals surface area contributed by atoms with E-state index in [1.54, 1.807) is 18.2 Å². The fourth-order valence-corrected chi connectivity index (χ4v) is 5.47. The molecule has 28 heavy (non-hydrogen) atoms. The Hall–Kier alpha value is -1.64. The number of rotatable bonds is 7. The molecule has 1 heterocycles. The van der Waals surface area contributed by atoms with Crippen molar-refractivity contribution in [2.45, 2.75) is 43.4 Å². The number of nitrogens with one attached hydrogen (secondary N) is 1. The molecule has 0 spiro atoms. The molecule has 0 radical (unpaired) electrons. The third-order valence-corrected chi connectivity index (χ3v) is 7.41. The normalized spacial score (nSPS) is 19.3. The second-order valence-electron chi connectivity index (χ2n) is 7.49. The Balaban J connectivity index is 1.68. The first kappa shape index (κ1) is 21.1. The van der Waals surface area contributed by atoms with Crippen LogP contribution in [0.2, 0.25) is 0 Å². The Morgan fingerprint density at radius 3 is 2.61 bits per heavy atom. The van der Waals surface area contributed by atoms with Gasteiger partial charge < -0.3 is 14.8 Å². The number of nitrogens with zero attached hydrogens (tertiary/aromatic N) is 1. The van der Waals surface area contributed by atoms with Gasteiger partial charge in [-0.25, -0.2) is 8.42 Å². The first-order valence-electron chi connectivity index (χ1n) is 10.0. The van der Waals surface area contributed by atoms with Gasteiger partial charge in [0.15, 0.2) is 0 Å². The van der Waals surface area contributed by atoms with E-state index >= 15 is 0 Å². The fraction of sp³-hybridized carbons (Fsp3) is 0.650. The summed E-state index contributed by atoms with van der Waals surface area (Å²) < 4.78 is 38.0. The lowest BCUT2D eigenvalue weighted by Gasteiger charge is -2.26. The second kappa shape index (κ2) is 9.71. The van der Waals surface area contributed by atoms with Crippen LogP contribution in [0.1, 0.15) is 37.7 Å². The van der Waals surface area contributed by atoms with E-state index in [-0.39, 0.29) is 23.0 Å². The number of benzene rings is 1. The SMILES string of the molecule is COc1ccc(CC(=O)NCC2CCCCC2)cc1S(=O)(=O)N1CCOCC1. The highest BCUT2D eigenvalue weighted by molar-refractivity contribution is 7.89. The van der Waals surface area contributed by atoms with Crippen LogP contribution < -0.4 is 10.1 Å². The molecule has 7 nitrogen and oxygen atoms in total. The highest BCUT2D eigenvalue weighted by atomic mass is 32.2. The standard InChI is InChI=1S/C20H30N2O5S/c1-26-18-8-7-17(14-20(23)21-15-16-5-3-2-4-6-16)13-19(18)28(24,25)22-9-11-27-12-10-22/h7-8,13,16H,2-6,9-12,14-15H2,1H3,(H,21,23). The number of sulfonamides is 1. The van der Waals surface area contributed by atoms with Gasteiger partial charge in [-0.15, -0.1) is 0 Å². The summed E-state index contributed by atoms with van der Waals surface area (Å²) in [5, 5.41) is 3.00. The molecule has 1 aliphatic carbocycles. The van der Waals surface area contributed by atoms with Crippen molar-refractivity contribution in [3.8, 4) is 5.75 Å². The van der Waals surface area contributed by atoms with Gasteiger partial charge in [0.1, 0.15) is 10.6 Å². The zero-order valence-corrected chi connectivity index (χ0v) is 17.3. The van der Waals surface area contributed by atoms with Crippen molar-refractivity contribution in [3.63, 3.8) is 0 Å². The van der Waals surface area contributed by atoms with Crippen LogP contribution in [-0.4, -0.2) is 58.6 Å². The van der Waals surface area contributed by atoms with Gasteiger partial charge in [-0.3, -0.25) is 4.79 Å². The van der Waals surface area contributed by atoms with Crippen LogP contribution in [0.4, 0.5) is 0 Å². The molecule has 8 heteroatoms. The molecular weight excluding hydrogens is 380 g/mol. The smallest absolute Gasteiger partial charge is 0.246 e. The van der Waals surface area contributed by atoms with E-state index in [4.69, 9.17) is 9.47 Å². The molecule has 1 aromatic rings. The number of hydrogen-bond acceptors (Lipinski definition) is 5. The minimum absolute atomic E-state index is 0.0783. The molecule has 1 saturated carbocycles. The molecule has 1 saturated heterocycles. The van der Waals surface area contributed by atoms with Crippen LogP contribution in [0, 0.1) is 5.92 Å². The molecule has 3 rings (SSSR count). The lowest BCUT2D eigenvalue weighted by Crippen LogP contribution is -2.40. The van der Waals surface area contributed by atoms with E-state index < -0.39 is 10.0 Å². The molecule has 1 aromatic carbocycles. The summed E-state index contributed by atoms with van der Waals surface area (Å²) >= 11 is 0. The van der Waals surface area contributed by atoms with E-state index in [1.807, 2.05) is 0 Å². The summed E-state index contributed by atoms with van der Waals surface area (Å²) in [6.07, 6.45) is 6.26. The second-order valence-corrected chi connectivity index (χ2v) is 9.39. The van der Waals surface area contributed by atoms with Crippen LogP contribution in [0.15, 0.2) is 23.1 Å². The monoisotopic (exact) mass is 410 g/mol. The third-order valence-electron chi connectivity index (χ3n) is 5.49. The van der Waals surface area contributed by atoms with E-state index in [0.717, 1.165) is 0 Å². The lowest BCUT2D eigenvalue weighted by atomic mass is 9.89. The van der Waals surface area contributed by atoms with Gasteiger partial charge in [0.05, 0.1) is 26.7 Å². The zero-order valence-electron chi connectivity index (χ0n) is 16.5. The average molecular weight is 411 g/mol. The molecule has 1 aliphatic heterocycles. The third kappa shape index (κ3) is 5.24. The van der Waals surface area contributed by atoms with Gasteiger partial charge in [0.25, 0.3) is 0 Å². The van der Waals surface area contributed by atoms with Crippen LogP contribution >= 0.6 is 0 Å². The average Bonchev–Trinajstić information content (AvgIpc) is 2.73. The molecule has 0 atom stereocenters. The first-order chi connectivity index (χ1) is 13.5. The summed E-state index contributed by atoms with van der Waals surface area (Å²) in [6, 6.07) is 4.93. The van der Waals surface area contributed by atoms with Crippen molar-refractivity contribution in [1.29, 1.82) is 0 Å². The van der Waals surface area contributed by atoms with Crippen molar-refractivity contribution < 1.29 is 22.7 Å². The highest BCUT2D eigenvalue weighted by Crippen LogP contribution is 2.28. The Morgan fingerprint density at radius 1 is 1.21 bits per heavy atom.